The zero-order valence-electron chi connectivity index (χ0n) is 23.9. The lowest BCUT2D eigenvalue weighted by atomic mass is 10.1. The van der Waals surface area contributed by atoms with Crippen LogP contribution in [0.3, 0.4) is 0 Å². The lowest BCUT2D eigenvalue weighted by Crippen LogP contribution is -2.45. The zero-order chi connectivity index (χ0) is 29.4. The van der Waals surface area contributed by atoms with Crippen LogP contribution in [0.4, 0.5) is 5.82 Å². The van der Waals surface area contributed by atoms with E-state index in [9.17, 15) is 14.4 Å². The number of amides is 1. The van der Waals surface area contributed by atoms with Crippen molar-refractivity contribution in [2.24, 2.45) is 12.8 Å². The van der Waals surface area contributed by atoms with Crippen LogP contribution in [0.5, 0.6) is 0 Å². The molecule has 42 heavy (non-hydrogen) atoms. The van der Waals surface area contributed by atoms with E-state index in [4.69, 9.17) is 10.5 Å². The number of carbonyl (C=O) groups is 1. The van der Waals surface area contributed by atoms with Gasteiger partial charge in [-0.3, -0.25) is 23.7 Å². The Hall–Kier alpha value is -4.47. The van der Waals surface area contributed by atoms with Gasteiger partial charge in [0.1, 0.15) is 16.9 Å². The summed E-state index contributed by atoms with van der Waals surface area (Å²) in [5.74, 6) is 6.35. The van der Waals surface area contributed by atoms with Gasteiger partial charge >= 0.3 is 5.69 Å². The van der Waals surface area contributed by atoms with Crippen molar-refractivity contribution in [2.75, 3.05) is 44.3 Å². The molecular formula is C30H34N8O4. The summed E-state index contributed by atoms with van der Waals surface area (Å²) in [6.07, 6.45) is 3.41. The molecule has 0 saturated carbocycles. The molecule has 2 saturated heterocycles. The Kier molecular flexibility index (Phi) is 7.53. The van der Waals surface area contributed by atoms with E-state index in [-0.39, 0.29) is 30.6 Å². The highest BCUT2D eigenvalue weighted by Crippen LogP contribution is 2.34. The van der Waals surface area contributed by atoms with Gasteiger partial charge < -0.3 is 24.8 Å². The molecule has 12 nitrogen and oxygen atoms in total. The number of carbonyl (C=O) groups excluding carboxylic acids is 1. The molecule has 2 aliphatic rings. The summed E-state index contributed by atoms with van der Waals surface area (Å²) >= 11 is 0. The van der Waals surface area contributed by atoms with Crippen LogP contribution in [0.1, 0.15) is 35.8 Å². The molecule has 6 rings (SSSR count). The van der Waals surface area contributed by atoms with Crippen LogP contribution in [-0.4, -0.2) is 79.9 Å². The zero-order valence-corrected chi connectivity index (χ0v) is 23.9. The van der Waals surface area contributed by atoms with Gasteiger partial charge in [0, 0.05) is 45.5 Å². The van der Waals surface area contributed by atoms with Crippen molar-refractivity contribution in [1.29, 1.82) is 0 Å². The molecule has 0 aromatic carbocycles. The fourth-order valence-electron chi connectivity index (χ4n) is 5.98. The maximum atomic E-state index is 14.3. The number of pyridine rings is 2. The highest BCUT2D eigenvalue weighted by molar-refractivity contribution is 6.11. The van der Waals surface area contributed by atoms with Gasteiger partial charge in [0.05, 0.1) is 48.5 Å². The molecule has 218 valence electrons. The van der Waals surface area contributed by atoms with Crippen LogP contribution < -0.4 is 21.9 Å². The third-order valence-electron chi connectivity index (χ3n) is 8.03. The Bertz CT molecular complexity index is 1850. The molecule has 0 bridgehead atoms. The average Bonchev–Trinajstić information content (AvgIpc) is 3.36. The quantitative estimate of drug-likeness (QED) is 0.350. The number of aryl methyl sites for hydroxylation is 1. The second-order valence-electron chi connectivity index (χ2n) is 10.7. The molecule has 12 heteroatoms. The number of hydrogen-bond donors (Lipinski definition) is 1. The van der Waals surface area contributed by atoms with Crippen LogP contribution in [0.25, 0.3) is 22.1 Å². The van der Waals surface area contributed by atoms with Crippen LogP contribution in [0.2, 0.25) is 0 Å². The number of ether oxygens (including phenoxy) is 1. The van der Waals surface area contributed by atoms with E-state index in [2.05, 4.69) is 26.7 Å². The summed E-state index contributed by atoms with van der Waals surface area (Å²) in [4.78, 5) is 55.2. The number of aromatic nitrogens is 5. The number of anilines is 1. The minimum atomic E-state index is -0.530. The van der Waals surface area contributed by atoms with E-state index in [1.807, 2.05) is 12.1 Å². The van der Waals surface area contributed by atoms with Gasteiger partial charge in [0.2, 0.25) is 0 Å². The summed E-state index contributed by atoms with van der Waals surface area (Å²) in [7, 11) is 1.61. The Morgan fingerprint density at radius 1 is 1.10 bits per heavy atom. The molecule has 0 unspecified atom stereocenters. The smallest absolute Gasteiger partial charge is 0.331 e. The van der Waals surface area contributed by atoms with E-state index in [0.29, 0.717) is 67.5 Å². The third-order valence-corrected chi connectivity index (χ3v) is 8.03. The van der Waals surface area contributed by atoms with Crippen molar-refractivity contribution >= 4 is 33.8 Å². The summed E-state index contributed by atoms with van der Waals surface area (Å²) in [6.45, 7) is 4.77. The monoisotopic (exact) mass is 570 g/mol. The van der Waals surface area contributed by atoms with Crippen molar-refractivity contribution in [3.8, 4) is 11.8 Å². The Morgan fingerprint density at radius 2 is 1.90 bits per heavy atom. The van der Waals surface area contributed by atoms with Crippen LogP contribution in [0, 0.1) is 11.8 Å². The van der Waals surface area contributed by atoms with E-state index in [0.717, 1.165) is 18.4 Å². The molecule has 6 heterocycles. The SMILES string of the molecule is CC#CCn1c(N2CCC[C@@H](N)C2)c(C(=O)N2CCOCC2)c2c1c(=O)n(Cc1ccc3ncccc3n1)c(=O)n2C. The van der Waals surface area contributed by atoms with Crippen molar-refractivity contribution in [2.45, 2.75) is 38.9 Å². The largest absolute Gasteiger partial charge is 0.378 e. The Labute approximate surface area is 242 Å². The topological polar surface area (TPSA) is 134 Å². The second-order valence-corrected chi connectivity index (χ2v) is 10.7. The molecule has 1 amide bonds. The van der Waals surface area contributed by atoms with Gasteiger partial charge in [-0.25, -0.2) is 9.78 Å². The number of piperidine rings is 1. The van der Waals surface area contributed by atoms with Crippen LogP contribution >= 0.6 is 0 Å². The van der Waals surface area contributed by atoms with Crippen molar-refractivity contribution in [3.63, 3.8) is 0 Å². The van der Waals surface area contributed by atoms with Crippen molar-refractivity contribution in [3.05, 3.63) is 62.6 Å². The number of hydrogen-bond acceptors (Lipinski definition) is 8. The minimum Gasteiger partial charge on any atom is -0.378 e. The first-order valence-corrected chi connectivity index (χ1v) is 14.2. The summed E-state index contributed by atoms with van der Waals surface area (Å²) in [5.41, 5.74) is 8.19. The normalized spacial score (nSPS) is 17.5. The van der Waals surface area contributed by atoms with E-state index in [1.165, 1.54) is 9.13 Å². The third kappa shape index (κ3) is 4.84. The fourth-order valence-corrected chi connectivity index (χ4v) is 5.98. The predicted octanol–water partition coefficient (Wildman–Crippen LogP) is 0.916. The van der Waals surface area contributed by atoms with Gasteiger partial charge in [-0.1, -0.05) is 5.92 Å². The first-order valence-electron chi connectivity index (χ1n) is 14.2. The van der Waals surface area contributed by atoms with Gasteiger partial charge in [-0.05, 0) is 44.0 Å². The van der Waals surface area contributed by atoms with E-state index >= 15 is 0 Å². The molecule has 0 radical (unpaired) electrons. The van der Waals surface area contributed by atoms with Gasteiger partial charge in [0.15, 0.2) is 0 Å². The second kappa shape index (κ2) is 11.4. The number of rotatable bonds is 5. The fraction of sp³-hybridized carbons (Fsp3) is 0.433. The summed E-state index contributed by atoms with van der Waals surface area (Å²) < 4.78 is 9.88. The van der Waals surface area contributed by atoms with Gasteiger partial charge in [-0.2, -0.15) is 0 Å². The Balaban J connectivity index is 1.61. The molecule has 4 aromatic heterocycles. The van der Waals surface area contributed by atoms with E-state index in [1.54, 1.807) is 41.8 Å². The van der Waals surface area contributed by atoms with E-state index < -0.39 is 11.2 Å². The lowest BCUT2D eigenvalue weighted by molar-refractivity contribution is 0.0304. The molecular weight excluding hydrogens is 536 g/mol. The molecule has 4 aromatic rings. The number of nitrogens with zero attached hydrogens (tertiary/aromatic N) is 7. The van der Waals surface area contributed by atoms with Crippen LogP contribution in [-0.2, 0) is 24.9 Å². The van der Waals surface area contributed by atoms with Crippen molar-refractivity contribution in [1.82, 2.24) is 28.6 Å². The molecule has 0 aliphatic carbocycles. The molecule has 2 fully saturated rings. The minimum absolute atomic E-state index is 0.0341. The maximum absolute atomic E-state index is 14.3. The van der Waals surface area contributed by atoms with Gasteiger partial charge in [-0.15, -0.1) is 5.92 Å². The maximum Gasteiger partial charge on any atom is 0.331 e. The molecule has 2 N–H and O–H groups in total. The number of morpholine rings is 1. The molecule has 0 spiro atoms. The Morgan fingerprint density at radius 3 is 2.67 bits per heavy atom. The standard InChI is InChI=1S/C30H34N8O4/c1-3-4-13-37-26-25(24(28(39)35-14-16-42-17-15-35)27(37)36-12-6-7-20(31)18-36)34(2)30(41)38(29(26)40)19-21-9-10-22-23(33-21)8-5-11-32-22/h5,8-11,20H,6-7,12-19,31H2,1-2H3/t20-/m1/s1. The first-order chi connectivity index (χ1) is 20.4. The number of fused-ring (bicyclic) bond motifs is 2. The highest BCUT2D eigenvalue weighted by Gasteiger charge is 2.35. The summed E-state index contributed by atoms with van der Waals surface area (Å²) in [6, 6.07) is 7.13. The lowest BCUT2D eigenvalue weighted by Gasteiger charge is -2.34. The average molecular weight is 571 g/mol. The van der Waals surface area contributed by atoms with Crippen molar-refractivity contribution < 1.29 is 9.53 Å². The van der Waals surface area contributed by atoms with Crippen LogP contribution in [0.15, 0.2) is 40.1 Å². The molecule has 2 aliphatic heterocycles. The van der Waals surface area contributed by atoms with Gasteiger partial charge in [0.25, 0.3) is 11.5 Å². The number of nitrogens with two attached hydrogens (primary N) is 1. The molecule has 1 atom stereocenters. The predicted molar refractivity (Wildman–Crippen MR) is 160 cm³/mol. The summed E-state index contributed by atoms with van der Waals surface area (Å²) in [5, 5.41) is 0. The first kappa shape index (κ1) is 27.7. The highest BCUT2D eigenvalue weighted by atomic mass is 16.5.